The molecule has 6 saturated heterocycles. The van der Waals surface area contributed by atoms with E-state index in [1.54, 1.807) is 0 Å². The fourth-order valence-corrected chi connectivity index (χ4v) is 8.65. The van der Waals surface area contributed by atoms with E-state index >= 15 is 0 Å². The van der Waals surface area contributed by atoms with Crippen LogP contribution in [-0.4, -0.2) is 316 Å². The molecule has 0 radical (unpaired) electrons. The molecule has 6 aliphatic rings. The van der Waals surface area contributed by atoms with Gasteiger partial charge in [-0.25, -0.2) is 0 Å². The minimum Gasteiger partial charge on any atom is -0.394 e. The molecule has 2 amide bonds. The Hall–Kier alpha value is -2.14. The maximum atomic E-state index is 12.5. The first-order valence-corrected chi connectivity index (χ1v) is 22.7. The molecule has 31 nitrogen and oxygen atoms in total. The van der Waals surface area contributed by atoms with E-state index < -0.39 is 210 Å². The van der Waals surface area contributed by atoms with Crippen LogP contribution < -0.4 is 10.6 Å². The molecule has 0 aromatic heterocycles. The molecule has 0 bridgehead atoms. The summed E-state index contributed by atoms with van der Waals surface area (Å²) in [6.45, 7) is -0.210. The number of ether oxygens (including phenoxy) is 10. The predicted molar refractivity (Wildman–Crippen MR) is 222 cm³/mol. The van der Waals surface area contributed by atoms with Crippen LogP contribution in [0.1, 0.15) is 20.8 Å². The van der Waals surface area contributed by atoms with Gasteiger partial charge in [0, 0.05) is 13.8 Å². The summed E-state index contributed by atoms with van der Waals surface area (Å²) >= 11 is 0. The molecule has 6 heterocycles. The van der Waals surface area contributed by atoms with Gasteiger partial charge >= 0.3 is 0 Å². The first-order valence-electron chi connectivity index (χ1n) is 22.7. The molecule has 0 unspecified atom stereocenters. The average Bonchev–Trinajstić information content (AvgIpc) is 3.33. The van der Waals surface area contributed by atoms with E-state index in [0.717, 1.165) is 6.92 Å². The van der Waals surface area contributed by atoms with Crippen molar-refractivity contribution in [3.05, 3.63) is 0 Å². The highest BCUT2D eigenvalue weighted by atomic mass is 16.8. The number of carbonyl (C=O) groups is 2. The number of hydrogen-bond donors (Lipinski definition) is 19. The lowest BCUT2D eigenvalue weighted by Gasteiger charge is -2.50. The number of amides is 2. The molecule has 31 heteroatoms. The van der Waals surface area contributed by atoms with Crippen LogP contribution in [0.2, 0.25) is 0 Å². The first kappa shape index (κ1) is 59.7. The van der Waals surface area contributed by atoms with Gasteiger partial charge in [0.15, 0.2) is 25.2 Å². The summed E-state index contributed by atoms with van der Waals surface area (Å²) in [6.07, 6.45) is -41.2. The lowest BCUT2D eigenvalue weighted by atomic mass is 9.94. The van der Waals surface area contributed by atoms with Crippen molar-refractivity contribution in [3.63, 3.8) is 0 Å². The van der Waals surface area contributed by atoms with Crippen molar-refractivity contribution in [2.24, 2.45) is 0 Å². The lowest BCUT2D eigenvalue weighted by molar-refractivity contribution is -0.379. The molecule has 6 fully saturated rings. The van der Waals surface area contributed by atoms with Crippen LogP contribution in [0.3, 0.4) is 0 Å². The molecule has 6 aliphatic heterocycles. The second-order valence-electron chi connectivity index (χ2n) is 17.9. The number of nitrogens with one attached hydrogen (secondary N) is 2. The maximum Gasteiger partial charge on any atom is 0.217 e. The van der Waals surface area contributed by atoms with E-state index in [-0.39, 0.29) is 19.8 Å². The summed E-state index contributed by atoms with van der Waals surface area (Å²) < 4.78 is 56.3. The monoisotopic (exact) mass is 1040 g/mol. The Kier molecular flexibility index (Phi) is 22.3. The summed E-state index contributed by atoms with van der Waals surface area (Å²) in [7, 11) is 0. The number of rotatable bonds is 15. The third-order valence-corrected chi connectivity index (χ3v) is 12.8. The molecule has 0 aromatic rings. The van der Waals surface area contributed by atoms with Gasteiger partial charge < -0.3 is 145 Å². The highest BCUT2D eigenvalue weighted by molar-refractivity contribution is 5.73. The smallest absolute Gasteiger partial charge is 0.217 e. The van der Waals surface area contributed by atoms with Crippen LogP contribution in [-0.2, 0) is 57.0 Å². The fraction of sp³-hybridized carbons (Fsp3) is 0.950. The summed E-state index contributed by atoms with van der Waals surface area (Å²) in [4.78, 5) is 24.5. The zero-order valence-corrected chi connectivity index (χ0v) is 38.6. The van der Waals surface area contributed by atoms with Crippen LogP contribution in [0.15, 0.2) is 0 Å². The van der Waals surface area contributed by atoms with Crippen LogP contribution >= 0.6 is 0 Å². The van der Waals surface area contributed by atoms with Gasteiger partial charge in [0.1, 0.15) is 134 Å². The Morgan fingerprint density at radius 1 is 0.451 bits per heavy atom. The van der Waals surface area contributed by atoms with Gasteiger partial charge in [0.05, 0.1) is 58.4 Å². The van der Waals surface area contributed by atoms with Crippen molar-refractivity contribution in [1.29, 1.82) is 0 Å². The highest BCUT2D eigenvalue weighted by Crippen LogP contribution is 2.34. The van der Waals surface area contributed by atoms with Crippen molar-refractivity contribution in [3.8, 4) is 0 Å². The average molecular weight is 1040 g/mol. The zero-order valence-electron chi connectivity index (χ0n) is 38.6. The highest BCUT2D eigenvalue weighted by Gasteiger charge is 2.56. The van der Waals surface area contributed by atoms with Crippen molar-refractivity contribution in [2.45, 2.75) is 192 Å². The van der Waals surface area contributed by atoms with Crippen molar-refractivity contribution in [1.82, 2.24) is 10.6 Å². The van der Waals surface area contributed by atoms with Gasteiger partial charge in [0.2, 0.25) is 11.8 Å². The Morgan fingerprint density at radius 2 is 0.930 bits per heavy atom. The van der Waals surface area contributed by atoms with Crippen LogP contribution in [0.25, 0.3) is 0 Å². The third kappa shape index (κ3) is 14.0. The maximum absolute atomic E-state index is 12.5. The molecule has 28 atom stereocenters. The van der Waals surface area contributed by atoms with E-state index in [1.807, 2.05) is 0 Å². The Morgan fingerprint density at radius 3 is 1.52 bits per heavy atom. The van der Waals surface area contributed by atoms with E-state index in [9.17, 15) is 76.0 Å². The quantitative estimate of drug-likeness (QED) is 0.0724. The lowest BCUT2D eigenvalue weighted by Crippen LogP contribution is -2.70. The van der Waals surface area contributed by atoms with Gasteiger partial charge in [-0.2, -0.15) is 0 Å². The van der Waals surface area contributed by atoms with E-state index in [4.69, 9.17) is 67.8 Å². The first-order chi connectivity index (χ1) is 33.5. The molecule has 6 rings (SSSR count). The fourth-order valence-electron chi connectivity index (χ4n) is 8.65. The van der Waals surface area contributed by atoms with Crippen LogP contribution in [0, 0.1) is 0 Å². The Balaban J connectivity index is 0.000000750. The Labute approximate surface area is 404 Å². The van der Waals surface area contributed by atoms with Crippen LogP contribution in [0.5, 0.6) is 0 Å². The minimum absolute atomic E-state index is 0.0521. The van der Waals surface area contributed by atoms with E-state index in [1.165, 1.54) is 13.8 Å². The van der Waals surface area contributed by atoms with Gasteiger partial charge in [-0.05, 0) is 6.92 Å². The summed E-state index contributed by atoms with van der Waals surface area (Å²) in [6, 6.07) is -2.71. The second kappa shape index (κ2) is 26.6. The number of aliphatic hydroxyl groups excluding tert-OH is 17. The molecule has 0 aromatic carbocycles. The van der Waals surface area contributed by atoms with Crippen molar-refractivity contribution >= 4 is 11.8 Å². The minimum atomic E-state index is -2.06. The van der Waals surface area contributed by atoms with E-state index in [0.29, 0.717) is 0 Å². The van der Waals surface area contributed by atoms with Crippen molar-refractivity contribution < 1.29 is 144 Å². The molecular formula is C40H70N2O29. The second-order valence-corrected chi connectivity index (χ2v) is 17.9. The molecule has 0 aliphatic carbocycles. The zero-order chi connectivity index (χ0) is 52.8. The normalized spacial score (nSPS) is 48.5. The summed E-state index contributed by atoms with van der Waals surface area (Å²) in [5.74, 6) is -1.31. The molecule has 19 N–H and O–H groups in total. The molecule has 414 valence electrons. The van der Waals surface area contributed by atoms with Gasteiger partial charge in [0.25, 0.3) is 0 Å². The number of carbonyl (C=O) groups excluding carboxylic acids is 2. The van der Waals surface area contributed by atoms with E-state index in [2.05, 4.69) is 10.6 Å². The van der Waals surface area contributed by atoms with Gasteiger partial charge in [-0.1, -0.05) is 0 Å². The topological polar surface area (TPSA) is 494 Å². The Bertz CT molecular complexity index is 1640. The number of hydrogen-bond acceptors (Lipinski definition) is 29. The number of aliphatic hydroxyl groups is 17. The molecule has 0 saturated carbocycles. The molecule has 0 spiro atoms. The van der Waals surface area contributed by atoms with Crippen LogP contribution in [0.4, 0.5) is 0 Å². The molecule has 71 heavy (non-hydrogen) atoms. The third-order valence-electron chi connectivity index (χ3n) is 12.8. The summed E-state index contributed by atoms with van der Waals surface area (Å²) in [5.41, 5.74) is 0. The largest absolute Gasteiger partial charge is 0.394 e. The van der Waals surface area contributed by atoms with Gasteiger partial charge in [-0.3, -0.25) is 9.59 Å². The molecular weight excluding hydrogens is 972 g/mol. The summed E-state index contributed by atoms with van der Waals surface area (Å²) in [5, 5.41) is 178. The SMILES string of the molecule is CC(=O)N[C@H]1[C@H](O[C@H]2[C@H](O)[C@@H](NC(C)=O)CO[C@@H]2CO[C@H]2O[C@@H](C)[C@@H](O)[C@@H](O)[C@@H]2O)O[C@H](CO)[C@@H](O[C@@H]2O[C@H](CO)[C@@H](O)[C@H](O[C@@H]3O[C@H](CO)[C@@H](O)[C@H](O)[C@@H]3O)[C@@H]2O)[C@@H]1O.OC[C@H]1OC[C@@H](O)[C@@H](O)[C@@H]1O. The predicted octanol–water partition coefficient (Wildman–Crippen LogP) is -12.5. The van der Waals surface area contributed by atoms with Gasteiger partial charge in [-0.15, -0.1) is 0 Å². The van der Waals surface area contributed by atoms with Crippen molar-refractivity contribution in [2.75, 3.05) is 46.2 Å². The standard InChI is InChI=1S/C34H58N2O24.C6H12O5/c1-9-18(42)23(47)25(49)32(54-9)53-8-16-29(19(43)12(7-52-16)35-10(2)40)58-31-17(36-11(3)41)22(46)28(15(6-39)57-31)59-34-27(51)30(21(45)14(5-38)56-34)60-33-26(50)24(48)20(44)13(4-37)55-33;7-1-4-6(10)5(9)3(8)2-11-4/h9,12-34,37-39,42-51H,4-8H2,1-3H3,(H,35,40)(H,36,41);3-10H,1-2H2/t9-,12-,13+,14+,15+,16+,17+,18+,19+,20+,21+,22+,23+,24-,25-,26-,27-,28+,29+,30-,31-,32-,33-,34-;3-,4-,5-,6-/m01/s1.